The van der Waals surface area contributed by atoms with Gasteiger partial charge in [-0.25, -0.2) is 4.98 Å². The number of carbonyl (C=O) groups is 2. The smallest absolute Gasteiger partial charge is 0.363 e. The van der Waals surface area contributed by atoms with E-state index in [1.54, 1.807) is 23.2 Å². The zero-order chi connectivity index (χ0) is 20.2. The number of amides is 2. The van der Waals surface area contributed by atoms with Crippen molar-refractivity contribution in [3.63, 3.8) is 0 Å². The molecule has 2 amide bonds. The van der Waals surface area contributed by atoms with Gasteiger partial charge in [0.15, 0.2) is 0 Å². The second kappa shape index (κ2) is 8.07. The van der Waals surface area contributed by atoms with E-state index in [1.807, 2.05) is 14.1 Å². The molecule has 0 radical (unpaired) electrons. The molecule has 0 aliphatic carbocycles. The van der Waals surface area contributed by atoms with Crippen molar-refractivity contribution < 1.29 is 22.8 Å². The van der Waals surface area contributed by atoms with Crippen LogP contribution in [0.15, 0.2) is 36.5 Å². The molecule has 2 rings (SSSR count). The summed E-state index contributed by atoms with van der Waals surface area (Å²) in [6.07, 6.45) is -2.97. The first-order valence-electron chi connectivity index (χ1n) is 7.97. The molecule has 1 aromatic carbocycles. The molecule has 27 heavy (non-hydrogen) atoms. The summed E-state index contributed by atoms with van der Waals surface area (Å²) >= 11 is 0. The van der Waals surface area contributed by atoms with Crippen molar-refractivity contribution in [2.24, 2.45) is 0 Å². The van der Waals surface area contributed by atoms with Crippen LogP contribution >= 0.6 is 0 Å². The van der Waals surface area contributed by atoms with E-state index in [2.05, 4.69) is 15.6 Å². The van der Waals surface area contributed by atoms with Crippen molar-refractivity contribution in [2.75, 3.05) is 24.3 Å². The molecule has 1 aromatic heterocycles. The van der Waals surface area contributed by atoms with Gasteiger partial charge in [0.25, 0.3) is 0 Å². The predicted octanol–water partition coefficient (Wildman–Crippen LogP) is 2.73. The third-order valence-corrected chi connectivity index (χ3v) is 3.73. The summed E-state index contributed by atoms with van der Waals surface area (Å²) in [5.41, 5.74) is -0.218. The van der Waals surface area contributed by atoms with Gasteiger partial charge in [-0.2, -0.15) is 13.2 Å². The zero-order valence-corrected chi connectivity index (χ0v) is 15.0. The topological polar surface area (TPSA) is 74.3 Å². The van der Waals surface area contributed by atoms with Crippen LogP contribution in [0.25, 0.3) is 0 Å². The molecule has 0 saturated carbocycles. The molecule has 0 bridgehead atoms. The Morgan fingerprint density at radius 2 is 1.81 bits per heavy atom. The lowest BCUT2D eigenvalue weighted by atomic mass is 10.1. The third-order valence-electron chi connectivity index (χ3n) is 3.73. The first-order valence-corrected chi connectivity index (χ1v) is 7.97. The maximum Gasteiger partial charge on any atom is 0.416 e. The van der Waals surface area contributed by atoms with Gasteiger partial charge in [0.05, 0.1) is 5.56 Å². The standard InChI is InChI=1S/C18H19F3N4O2/c1-11-4-5-13(9-14(11)18(19,20)21)24-17(27)16(26)23-10-12-6-7-22-15(8-12)25(2)3/h4-9H,10H2,1-3H3,(H,23,26)(H,24,27). The van der Waals surface area contributed by atoms with Crippen LogP contribution in [0.1, 0.15) is 16.7 Å². The lowest BCUT2D eigenvalue weighted by molar-refractivity contribution is -0.138. The van der Waals surface area contributed by atoms with Crippen molar-refractivity contribution in [3.05, 3.63) is 53.2 Å². The van der Waals surface area contributed by atoms with Crippen LogP contribution in [0, 0.1) is 6.92 Å². The molecule has 1 heterocycles. The Balaban J connectivity index is 2.00. The molecular formula is C18H19F3N4O2. The number of alkyl halides is 3. The van der Waals surface area contributed by atoms with Gasteiger partial charge in [0, 0.05) is 32.5 Å². The minimum Gasteiger partial charge on any atom is -0.363 e. The Bertz CT molecular complexity index is 851. The molecule has 0 atom stereocenters. The third kappa shape index (κ3) is 5.44. The average molecular weight is 380 g/mol. The molecule has 144 valence electrons. The number of rotatable bonds is 4. The van der Waals surface area contributed by atoms with Crippen molar-refractivity contribution >= 4 is 23.3 Å². The minimum atomic E-state index is -4.54. The highest BCUT2D eigenvalue weighted by molar-refractivity contribution is 6.39. The van der Waals surface area contributed by atoms with Gasteiger partial charge >= 0.3 is 18.0 Å². The first kappa shape index (κ1) is 20.2. The fourth-order valence-electron chi connectivity index (χ4n) is 2.27. The van der Waals surface area contributed by atoms with Crippen molar-refractivity contribution in [1.82, 2.24) is 10.3 Å². The van der Waals surface area contributed by atoms with E-state index in [1.165, 1.54) is 19.1 Å². The summed E-state index contributed by atoms with van der Waals surface area (Å²) < 4.78 is 38.8. The largest absolute Gasteiger partial charge is 0.416 e. The lowest BCUT2D eigenvalue weighted by Crippen LogP contribution is -2.35. The van der Waals surface area contributed by atoms with Crippen LogP contribution in [0.2, 0.25) is 0 Å². The van der Waals surface area contributed by atoms with Crippen LogP contribution in [-0.2, 0) is 22.3 Å². The number of benzene rings is 1. The Morgan fingerprint density at radius 1 is 1.11 bits per heavy atom. The Hall–Kier alpha value is -3.10. The van der Waals surface area contributed by atoms with E-state index in [4.69, 9.17) is 0 Å². The number of hydrogen-bond donors (Lipinski definition) is 2. The fraction of sp³-hybridized carbons (Fsp3) is 0.278. The number of nitrogens with one attached hydrogen (secondary N) is 2. The average Bonchev–Trinajstić information content (AvgIpc) is 2.60. The van der Waals surface area contributed by atoms with Gasteiger partial charge in [0.1, 0.15) is 5.82 Å². The number of hydrogen-bond acceptors (Lipinski definition) is 4. The molecule has 0 unspecified atom stereocenters. The molecule has 9 heteroatoms. The maximum absolute atomic E-state index is 12.9. The summed E-state index contributed by atoms with van der Waals surface area (Å²) in [5.74, 6) is -1.31. The van der Waals surface area contributed by atoms with Gasteiger partial charge in [-0.05, 0) is 42.3 Å². The summed E-state index contributed by atoms with van der Waals surface area (Å²) in [4.78, 5) is 29.8. The van der Waals surface area contributed by atoms with Gasteiger partial charge in [-0.15, -0.1) is 0 Å². The Morgan fingerprint density at radius 3 is 2.44 bits per heavy atom. The van der Waals surface area contributed by atoms with E-state index in [9.17, 15) is 22.8 Å². The van der Waals surface area contributed by atoms with Gasteiger partial charge in [-0.1, -0.05) is 6.07 Å². The van der Waals surface area contributed by atoms with Crippen LogP contribution < -0.4 is 15.5 Å². The van der Waals surface area contributed by atoms with Crippen molar-refractivity contribution in [2.45, 2.75) is 19.6 Å². The number of anilines is 2. The summed E-state index contributed by atoms with van der Waals surface area (Å²) in [7, 11) is 3.63. The quantitative estimate of drug-likeness (QED) is 0.800. The summed E-state index contributed by atoms with van der Waals surface area (Å²) in [6.45, 7) is 1.40. The molecule has 2 aromatic rings. The molecule has 0 aliphatic heterocycles. The van der Waals surface area contributed by atoms with Crippen molar-refractivity contribution in [3.8, 4) is 0 Å². The number of halogens is 3. The maximum atomic E-state index is 12.9. The van der Waals surface area contributed by atoms with Crippen LogP contribution in [0.4, 0.5) is 24.7 Å². The van der Waals surface area contributed by atoms with Gasteiger partial charge in [0.2, 0.25) is 0 Å². The number of carbonyl (C=O) groups excluding carboxylic acids is 2. The first-order chi connectivity index (χ1) is 12.6. The van der Waals surface area contributed by atoms with Crippen LogP contribution in [0.5, 0.6) is 0 Å². The van der Waals surface area contributed by atoms with Gasteiger partial charge < -0.3 is 15.5 Å². The number of pyridine rings is 1. The zero-order valence-electron chi connectivity index (χ0n) is 15.0. The second-order valence-electron chi connectivity index (χ2n) is 6.08. The van der Waals surface area contributed by atoms with E-state index < -0.39 is 23.6 Å². The second-order valence-corrected chi connectivity index (χ2v) is 6.08. The van der Waals surface area contributed by atoms with Crippen molar-refractivity contribution in [1.29, 1.82) is 0 Å². The SMILES string of the molecule is Cc1ccc(NC(=O)C(=O)NCc2ccnc(N(C)C)c2)cc1C(F)(F)F. The van der Waals surface area contributed by atoms with E-state index in [0.717, 1.165) is 11.6 Å². The lowest BCUT2D eigenvalue weighted by Gasteiger charge is -2.13. The fourth-order valence-corrected chi connectivity index (χ4v) is 2.27. The minimum absolute atomic E-state index is 0.0272. The molecule has 0 spiro atoms. The van der Waals surface area contributed by atoms with E-state index >= 15 is 0 Å². The molecule has 0 aliphatic rings. The summed E-state index contributed by atoms with van der Waals surface area (Å²) in [6, 6.07) is 6.76. The highest BCUT2D eigenvalue weighted by atomic mass is 19.4. The molecular weight excluding hydrogens is 361 g/mol. The molecule has 0 fully saturated rings. The number of aromatic nitrogens is 1. The Kier molecular flexibility index (Phi) is 6.04. The number of aryl methyl sites for hydroxylation is 1. The molecule has 2 N–H and O–H groups in total. The predicted molar refractivity (Wildman–Crippen MR) is 95.2 cm³/mol. The highest BCUT2D eigenvalue weighted by Crippen LogP contribution is 2.33. The van der Waals surface area contributed by atoms with E-state index in [-0.39, 0.29) is 17.8 Å². The number of nitrogens with zero attached hydrogens (tertiary/aromatic N) is 2. The molecule has 6 nitrogen and oxygen atoms in total. The monoisotopic (exact) mass is 380 g/mol. The van der Waals surface area contributed by atoms with Gasteiger partial charge in [-0.3, -0.25) is 9.59 Å². The summed E-state index contributed by atoms with van der Waals surface area (Å²) in [5, 5.41) is 4.60. The van der Waals surface area contributed by atoms with Crippen LogP contribution in [0.3, 0.4) is 0 Å². The normalized spacial score (nSPS) is 11.0. The van der Waals surface area contributed by atoms with Crippen LogP contribution in [-0.4, -0.2) is 30.9 Å². The highest BCUT2D eigenvalue weighted by Gasteiger charge is 2.32. The Labute approximate surface area is 154 Å². The van der Waals surface area contributed by atoms with E-state index in [0.29, 0.717) is 5.82 Å². The molecule has 0 saturated heterocycles.